The highest BCUT2D eigenvalue weighted by molar-refractivity contribution is 7.16. The average molecular weight is 439 g/mol. The van der Waals surface area contributed by atoms with Crippen molar-refractivity contribution >= 4 is 44.7 Å². The minimum atomic E-state index is -0.406. The van der Waals surface area contributed by atoms with E-state index < -0.39 is 5.91 Å². The molecule has 30 heavy (non-hydrogen) atoms. The van der Waals surface area contributed by atoms with Gasteiger partial charge < -0.3 is 0 Å². The number of hydrogen-bond donors (Lipinski definition) is 1. The Morgan fingerprint density at radius 2 is 1.77 bits per heavy atom. The number of carbonyl (C=O) groups is 1. The van der Waals surface area contributed by atoms with E-state index in [0.717, 1.165) is 16.1 Å². The van der Waals surface area contributed by atoms with Crippen LogP contribution in [0.1, 0.15) is 35.3 Å². The van der Waals surface area contributed by atoms with Gasteiger partial charge in [0.1, 0.15) is 0 Å². The number of aryl methyl sites for hydroxylation is 1. The molecule has 0 aliphatic rings. The second-order valence-corrected chi connectivity index (χ2v) is 8.76. The molecule has 0 aliphatic heterocycles. The number of hydrogen-bond acceptors (Lipinski definition) is 5. The van der Waals surface area contributed by atoms with E-state index in [1.165, 1.54) is 16.0 Å². The number of anilines is 1. The summed E-state index contributed by atoms with van der Waals surface area (Å²) in [5.41, 5.74) is 1.69. The molecule has 2 heterocycles. The van der Waals surface area contributed by atoms with Crippen molar-refractivity contribution in [3.63, 3.8) is 0 Å². The topological polar surface area (TPSA) is 76.9 Å². The van der Waals surface area contributed by atoms with Crippen LogP contribution >= 0.6 is 22.9 Å². The van der Waals surface area contributed by atoms with E-state index in [1.54, 1.807) is 36.4 Å². The fourth-order valence-corrected chi connectivity index (χ4v) is 4.16. The molecule has 0 unspecified atom stereocenters. The van der Waals surface area contributed by atoms with Crippen LogP contribution in [-0.4, -0.2) is 20.7 Å². The zero-order chi connectivity index (χ0) is 21.4. The summed E-state index contributed by atoms with van der Waals surface area (Å²) < 4.78 is 1.34. The van der Waals surface area contributed by atoms with Crippen LogP contribution < -0.4 is 10.9 Å². The molecule has 0 radical (unpaired) electrons. The SMILES string of the molecule is Cc1sc(NC(=O)c2nn(C(C)C)c(=O)c3ccccc23)nc1-c1ccc(Cl)cc1. The van der Waals surface area contributed by atoms with E-state index in [1.807, 2.05) is 32.9 Å². The molecule has 0 spiro atoms. The Bertz CT molecular complexity index is 1310. The van der Waals surface area contributed by atoms with Crippen LogP contribution in [-0.2, 0) is 0 Å². The van der Waals surface area contributed by atoms with Gasteiger partial charge in [0.2, 0.25) is 0 Å². The number of thiazole rings is 1. The van der Waals surface area contributed by atoms with Crippen LogP contribution in [0.4, 0.5) is 5.13 Å². The van der Waals surface area contributed by atoms with Crippen LogP contribution in [0.5, 0.6) is 0 Å². The van der Waals surface area contributed by atoms with Gasteiger partial charge in [-0.15, -0.1) is 11.3 Å². The van der Waals surface area contributed by atoms with E-state index >= 15 is 0 Å². The third-order valence-electron chi connectivity index (χ3n) is 4.67. The van der Waals surface area contributed by atoms with Crippen LogP contribution in [0.3, 0.4) is 0 Å². The lowest BCUT2D eigenvalue weighted by Crippen LogP contribution is -2.28. The van der Waals surface area contributed by atoms with Gasteiger partial charge in [-0.25, -0.2) is 9.67 Å². The largest absolute Gasteiger partial charge is 0.296 e. The molecule has 4 aromatic rings. The van der Waals surface area contributed by atoms with Crippen molar-refractivity contribution in [3.05, 3.63) is 74.5 Å². The van der Waals surface area contributed by atoms with E-state index in [2.05, 4.69) is 15.4 Å². The molecular weight excluding hydrogens is 420 g/mol. The predicted octanol–water partition coefficient (Wildman–Crippen LogP) is 5.32. The standard InChI is InChI=1S/C22H19ClN4O2S/c1-12(2)27-21(29)17-7-5-4-6-16(17)19(26-27)20(28)25-22-24-18(13(3)30-22)14-8-10-15(23)11-9-14/h4-12H,1-3H3,(H,24,25,28). The number of fused-ring (bicyclic) bond motifs is 1. The Morgan fingerprint density at radius 3 is 2.43 bits per heavy atom. The van der Waals surface area contributed by atoms with Crippen LogP contribution in [0.25, 0.3) is 22.0 Å². The molecule has 2 aromatic carbocycles. The lowest BCUT2D eigenvalue weighted by Gasteiger charge is -2.12. The molecule has 6 nitrogen and oxygen atoms in total. The number of amides is 1. The second-order valence-electron chi connectivity index (χ2n) is 7.12. The number of nitrogens with zero attached hydrogens (tertiary/aromatic N) is 3. The number of aromatic nitrogens is 3. The summed E-state index contributed by atoms with van der Waals surface area (Å²) in [5, 5.41) is 9.29. The molecule has 1 N–H and O–H groups in total. The van der Waals surface area contributed by atoms with Crippen LogP contribution in [0.15, 0.2) is 53.3 Å². The zero-order valence-electron chi connectivity index (χ0n) is 16.6. The van der Waals surface area contributed by atoms with Gasteiger partial charge in [-0.1, -0.05) is 41.9 Å². The smallest absolute Gasteiger partial charge is 0.278 e. The first-order valence-electron chi connectivity index (χ1n) is 9.41. The van der Waals surface area contributed by atoms with Gasteiger partial charge >= 0.3 is 0 Å². The molecule has 2 aromatic heterocycles. The van der Waals surface area contributed by atoms with Crippen LogP contribution in [0.2, 0.25) is 5.02 Å². The number of carbonyl (C=O) groups excluding carboxylic acids is 1. The summed E-state index contributed by atoms with van der Waals surface area (Å²) in [6.45, 7) is 5.66. The average Bonchev–Trinajstić information content (AvgIpc) is 3.08. The highest BCUT2D eigenvalue weighted by Gasteiger charge is 2.20. The number of nitrogens with one attached hydrogen (secondary N) is 1. The third kappa shape index (κ3) is 3.74. The third-order valence-corrected chi connectivity index (χ3v) is 5.81. The lowest BCUT2D eigenvalue weighted by molar-refractivity contribution is 0.102. The molecule has 0 aliphatic carbocycles. The number of halogens is 1. The van der Waals surface area contributed by atoms with Gasteiger partial charge in [0, 0.05) is 20.8 Å². The predicted molar refractivity (Wildman–Crippen MR) is 122 cm³/mol. The van der Waals surface area contributed by atoms with E-state index in [-0.39, 0.29) is 17.3 Å². The maximum atomic E-state index is 13.1. The van der Waals surface area contributed by atoms with E-state index in [0.29, 0.717) is 20.9 Å². The first-order valence-corrected chi connectivity index (χ1v) is 10.6. The lowest BCUT2D eigenvalue weighted by atomic mass is 10.1. The monoisotopic (exact) mass is 438 g/mol. The minimum Gasteiger partial charge on any atom is -0.296 e. The molecular formula is C22H19ClN4O2S. The summed E-state index contributed by atoms with van der Waals surface area (Å²) in [5.74, 6) is -0.406. The minimum absolute atomic E-state index is 0.174. The Kier molecular flexibility index (Phi) is 5.40. The van der Waals surface area contributed by atoms with Gasteiger partial charge in [-0.2, -0.15) is 5.10 Å². The molecule has 0 bridgehead atoms. The molecule has 0 saturated carbocycles. The number of rotatable bonds is 4. The summed E-state index contributed by atoms with van der Waals surface area (Å²) >= 11 is 7.35. The van der Waals surface area contributed by atoms with Crippen molar-refractivity contribution in [2.24, 2.45) is 0 Å². The molecule has 152 valence electrons. The summed E-state index contributed by atoms with van der Waals surface area (Å²) in [6.07, 6.45) is 0. The maximum Gasteiger partial charge on any atom is 0.278 e. The van der Waals surface area contributed by atoms with Crippen molar-refractivity contribution in [2.45, 2.75) is 26.8 Å². The number of benzene rings is 2. The van der Waals surface area contributed by atoms with Crippen LogP contribution in [0, 0.1) is 6.92 Å². The van der Waals surface area contributed by atoms with Crippen molar-refractivity contribution in [1.29, 1.82) is 0 Å². The van der Waals surface area contributed by atoms with Gasteiger partial charge in [0.05, 0.1) is 17.1 Å². The van der Waals surface area contributed by atoms with Gasteiger partial charge in [-0.3, -0.25) is 14.9 Å². The molecule has 0 fully saturated rings. The van der Waals surface area contributed by atoms with Crippen molar-refractivity contribution in [2.75, 3.05) is 5.32 Å². The summed E-state index contributed by atoms with van der Waals surface area (Å²) in [7, 11) is 0. The zero-order valence-corrected chi connectivity index (χ0v) is 18.2. The summed E-state index contributed by atoms with van der Waals surface area (Å²) in [6, 6.07) is 14.2. The van der Waals surface area contributed by atoms with Crippen molar-refractivity contribution in [3.8, 4) is 11.3 Å². The second kappa shape index (κ2) is 8.01. The fraction of sp³-hybridized carbons (Fsp3) is 0.182. The quantitative estimate of drug-likeness (QED) is 0.468. The normalized spacial score (nSPS) is 11.2. The first kappa shape index (κ1) is 20.3. The highest BCUT2D eigenvalue weighted by atomic mass is 35.5. The first-order chi connectivity index (χ1) is 14.3. The van der Waals surface area contributed by atoms with Gasteiger partial charge in [0.25, 0.3) is 11.5 Å². The Morgan fingerprint density at radius 1 is 1.10 bits per heavy atom. The van der Waals surface area contributed by atoms with Gasteiger partial charge in [0.15, 0.2) is 10.8 Å². The fourth-order valence-electron chi connectivity index (χ4n) is 3.21. The molecule has 4 rings (SSSR count). The van der Waals surface area contributed by atoms with Crippen molar-refractivity contribution < 1.29 is 4.79 Å². The van der Waals surface area contributed by atoms with Crippen molar-refractivity contribution in [1.82, 2.24) is 14.8 Å². The Hall–Kier alpha value is -3.03. The van der Waals surface area contributed by atoms with E-state index in [9.17, 15) is 9.59 Å². The highest BCUT2D eigenvalue weighted by Crippen LogP contribution is 2.31. The summed E-state index contributed by atoms with van der Waals surface area (Å²) in [4.78, 5) is 31.3. The molecule has 1 amide bonds. The molecule has 0 atom stereocenters. The molecule has 8 heteroatoms. The maximum absolute atomic E-state index is 13.1. The molecule has 0 saturated heterocycles. The van der Waals surface area contributed by atoms with E-state index in [4.69, 9.17) is 11.6 Å². The Balaban J connectivity index is 1.72. The van der Waals surface area contributed by atoms with Gasteiger partial charge in [-0.05, 0) is 39.0 Å². The Labute approximate surface area is 182 Å².